The van der Waals surface area contributed by atoms with Crippen LogP contribution in [-0.4, -0.2) is 29.5 Å². The lowest BCUT2D eigenvalue weighted by Crippen LogP contribution is -2.08. The molecule has 6 nitrogen and oxygen atoms in total. The highest BCUT2D eigenvalue weighted by Gasteiger charge is 1.97. The molecule has 1 rings (SSSR count). The number of nitrogens with zero attached hydrogens (tertiary/aromatic N) is 1. The summed E-state index contributed by atoms with van der Waals surface area (Å²) >= 11 is 1.22. The SMILES string of the molecule is CS(=O)(=O)O.NC(=O)c1cnsc1. The molecule has 74 valence electrons. The number of carbonyl (C=O) groups excluding carboxylic acids is 1. The van der Waals surface area contributed by atoms with Crippen LogP contribution in [0, 0.1) is 0 Å². The number of aromatic nitrogens is 1. The number of nitrogens with two attached hydrogens (primary N) is 1. The van der Waals surface area contributed by atoms with Crippen molar-refractivity contribution >= 4 is 27.6 Å². The van der Waals surface area contributed by atoms with Crippen molar-refractivity contribution in [3.63, 3.8) is 0 Å². The topological polar surface area (TPSA) is 110 Å². The molecule has 0 unspecified atom stereocenters. The zero-order chi connectivity index (χ0) is 10.5. The maximum Gasteiger partial charge on any atom is 0.261 e. The van der Waals surface area contributed by atoms with E-state index in [-0.39, 0.29) is 0 Å². The molecule has 0 atom stereocenters. The van der Waals surface area contributed by atoms with E-state index in [0.717, 1.165) is 0 Å². The Bertz CT molecular complexity index is 348. The summed E-state index contributed by atoms with van der Waals surface area (Å²) in [5.41, 5.74) is 5.37. The Balaban J connectivity index is 0.000000252. The average Bonchev–Trinajstić information content (AvgIpc) is 2.31. The van der Waals surface area contributed by atoms with Crippen LogP contribution in [0.4, 0.5) is 0 Å². The molecule has 0 fully saturated rings. The van der Waals surface area contributed by atoms with Crippen LogP contribution in [0.5, 0.6) is 0 Å². The minimum Gasteiger partial charge on any atom is -0.366 e. The molecule has 0 aromatic carbocycles. The normalized spacial score (nSPS) is 10.0. The van der Waals surface area contributed by atoms with Crippen molar-refractivity contribution in [2.45, 2.75) is 0 Å². The van der Waals surface area contributed by atoms with Gasteiger partial charge in [-0.15, -0.1) is 0 Å². The van der Waals surface area contributed by atoms with Gasteiger partial charge >= 0.3 is 0 Å². The van der Waals surface area contributed by atoms with E-state index < -0.39 is 16.0 Å². The van der Waals surface area contributed by atoms with Crippen molar-refractivity contribution in [2.75, 3.05) is 6.26 Å². The molecule has 3 N–H and O–H groups in total. The molecule has 1 aromatic heterocycles. The first-order valence-corrected chi connectivity index (χ1v) is 5.61. The zero-order valence-electron chi connectivity index (χ0n) is 6.67. The Morgan fingerprint density at radius 2 is 2.15 bits per heavy atom. The summed E-state index contributed by atoms with van der Waals surface area (Å²) in [6.45, 7) is 0. The van der Waals surface area contributed by atoms with Crippen molar-refractivity contribution < 1.29 is 17.8 Å². The van der Waals surface area contributed by atoms with Crippen LogP contribution in [0.2, 0.25) is 0 Å². The van der Waals surface area contributed by atoms with Gasteiger partial charge in [-0.3, -0.25) is 9.35 Å². The van der Waals surface area contributed by atoms with Gasteiger partial charge in [0.05, 0.1) is 18.0 Å². The van der Waals surface area contributed by atoms with Gasteiger partial charge in [-0.25, -0.2) is 4.37 Å². The van der Waals surface area contributed by atoms with Gasteiger partial charge in [0, 0.05) is 5.38 Å². The highest BCUT2D eigenvalue weighted by Crippen LogP contribution is 1.98. The predicted molar refractivity (Wildman–Crippen MR) is 48.1 cm³/mol. The minimum atomic E-state index is -3.67. The van der Waals surface area contributed by atoms with E-state index in [1.807, 2.05) is 0 Å². The monoisotopic (exact) mass is 224 g/mol. The van der Waals surface area contributed by atoms with Crippen LogP contribution in [0.25, 0.3) is 0 Å². The summed E-state index contributed by atoms with van der Waals surface area (Å²) in [6, 6.07) is 0. The summed E-state index contributed by atoms with van der Waals surface area (Å²) in [6.07, 6.45) is 2.17. The lowest BCUT2D eigenvalue weighted by molar-refractivity contribution is 0.100. The second kappa shape index (κ2) is 4.90. The molecule has 0 aliphatic rings. The van der Waals surface area contributed by atoms with Gasteiger partial charge in [0.25, 0.3) is 16.0 Å². The summed E-state index contributed by atoms with van der Waals surface area (Å²) < 4.78 is 29.6. The molecule has 13 heavy (non-hydrogen) atoms. The fraction of sp³-hybridized carbons (Fsp3) is 0.200. The van der Waals surface area contributed by atoms with Crippen LogP contribution in [0.3, 0.4) is 0 Å². The van der Waals surface area contributed by atoms with Crippen molar-refractivity contribution in [2.24, 2.45) is 5.73 Å². The molecule has 8 heteroatoms. The first-order chi connectivity index (χ1) is 5.80. The summed E-state index contributed by atoms with van der Waals surface area (Å²) in [5.74, 6) is -0.418. The van der Waals surface area contributed by atoms with Gasteiger partial charge in [-0.2, -0.15) is 8.42 Å². The quantitative estimate of drug-likeness (QED) is 0.639. The Morgan fingerprint density at radius 3 is 2.31 bits per heavy atom. The molecule has 1 heterocycles. The van der Waals surface area contributed by atoms with Crippen LogP contribution >= 0.6 is 11.5 Å². The first-order valence-electron chi connectivity index (χ1n) is 2.92. The molecular weight excluding hydrogens is 216 g/mol. The minimum absolute atomic E-state index is 0.418. The number of amides is 1. The van der Waals surface area contributed by atoms with E-state index in [4.69, 9.17) is 10.3 Å². The molecule has 0 saturated heterocycles. The molecule has 0 aliphatic heterocycles. The number of carbonyl (C=O) groups is 1. The molecule has 0 aliphatic carbocycles. The fourth-order valence-corrected chi connectivity index (χ4v) is 0.852. The van der Waals surface area contributed by atoms with E-state index >= 15 is 0 Å². The highest BCUT2D eigenvalue weighted by molar-refractivity contribution is 7.85. The Morgan fingerprint density at radius 1 is 1.69 bits per heavy atom. The zero-order valence-corrected chi connectivity index (χ0v) is 8.30. The van der Waals surface area contributed by atoms with Crippen molar-refractivity contribution in [1.82, 2.24) is 4.37 Å². The van der Waals surface area contributed by atoms with Gasteiger partial charge in [0.15, 0.2) is 0 Å². The Kier molecular flexibility index (Phi) is 4.52. The Labute approximate surface area is 79.3 Å². The first kappa shape index (κ1) is 12.0. The highest BCUT2D eigenvalue weighted by atomic mass is 32.2. The van der Waals surface area contributed by atoms with Crippen LogP contribution < -0.4 is 5.73 Å². The average molecular weight is 224 g/mol. The fourth-order valence-electron chi connectivity index (χ4n) is 0.327. The third-order valence-electron chi connectivity index (χ3n) is 0.717. The van der Waals surface area contributed by atoms with E-state index in [2.05, 4.69) is 4.37 Å². The van der Waals surface area contributed by atoms with E-state index in [9.17, 15) is 13.2 Å². The van der Waals surface area contributed by atoms with Crippen molar-refractivity contribution in [3.05, 3.63) is 17.1 Å². The standard InChI is InChI=1S/C4H4N2OS.CH4O3S/c5-4(7)3-1-6-8-2-3;1-5(2,3)4/h1-2H,(H2,5,7);1H3,(H,2,3,4). The van der Waals surface area contributed by atoms with Gasteiger partial charge in [0.2, 0.25) is 0 Å². The number of hydrogen-bond donors (Lipinski definition) is 2. The van der Waals surface area contributed by atoms with Crippen LogP contribution in [0.1, 0.15) is 10.4 Å². The predicted octanol–water partition coefficient (Wildman–Crippen LogP) is -0.254. The van der Waals surface area contributed by atoms with Crippen LogP contribution in [0.15, 0.2) is 11.6 Å². The van der Waals surface area contributed by atoms with E-state index in [1.165, 1.54) is 17.7 Å². The van der Waals surface area contributed by atoms with Gasteiger partial charge in [-0.05, 0) is 11.5 Å². The summed E-state index contributed by atoms with van der Waals surface area (Å²) in [5, 5.41) is 1.61. The van der Waals surface area contributed by atoms with Crippen molar-refractivity contribution in [3.8, 4) is 0 Å². The van der Waals surface area contributed by atoms with Gasteiger partial charge in [0.1, 0.15) is 0 Å². The second-order valence-corrected chi connectivity index (χ2v) is 4.13. The molecule has 1 amide bonds. The maximum absolute atomic E-state index is 10.3. The molecule has 1 aromatic rings. The molecule has 0 bridgehead atoms. The molecule has 0 saturated carbocycles. The van der Waals surface area contributed by atoms with Crippen molar-refractivity contribution in [1.29, 1.82) is 0 Å². The largest absolute Gasteiger partial charge is 0.366 e. The third-order valence-corrected chi connectivity index (χ3v) is 1.30. The number of hydrogen-bond acceptors (Lipinski definition) is 5. The molecular formula is C5H8N2O4S2. The van der Waals surface area contributed by atoms with Crippen LogP contribution in [-0.2, 0) is 10.1 Å². The summed E-state index contributed by atoms with van der Waals surface area (Å²) in [7, 11) is -3.67. The number of primary amides is 1. The van der Waals surface area contributed by atoms with E-state index in [0.29, 0.717) is 11.8 Å². The van der Waals surface area contributed by atoms with E-state index in [1.54, 1.807) is 5.38 Å². The van der Waals surface area contributed by atoms with Gasteiger partial charge in [-0.1, -0.05) is 0 Å². The molecule has 0 radical (unpaired) electrons. The lowest BCUT2D eigenvalue weighted by atomic mass is 10.4. The lowest BCUT2D eigenvalue weighted by Gasteiger charge is -1.78. The number of rotatable bonds is 1. The third kappa shape index (κ3) is 8.92. The second-order valence-electron chi connectivity index (χ2n) is 2.01. The maximum atomic E-state index is 10.3. The summed E-state index contributed by atoms with van der Waals surface area (Å²) in [4.78, 5) is 10.3. The smallest absolute Gasteiger partial charge is 0.261 e. The molecule has 0 spiro atoms. The Hall–Kier alpha value is -0.990. The van der Waals surface area contributed by atoms with Gasteiger partial charge < -0.3 is 5.73 Å².